The number of nitrogens with zero attached hydrogens (tertiary/aromatic N) is 1. The van der Waals surface area contributed by atoms with Crippen molar-refractivity contribution in [3.8, 4) is 5.75 Å². The van der Waals surface area contributed by atoms with Crippen LogP contribution in [0.3, 0.4) is 0 Å². The number of hydrogen-bond donors (Lipinski definition) is 11. The van der Waals surface area contributed by atoms with E-state index in [1.54, 1.807) is 26.0 Å². The minimum atomic E-state index is -1.82. The molecule has 2 aliphatic heterocycles. The highest BCUT2D eigenvalue weighted by Crippen LogP contribution is 2.35. The second-order valence-electron chi connectivity index (χ2n) is 17.2. The first-order chi connectivity index (χ1) is 32.6. The number of phenols is 1. The first-order valence-electron chi connectivity index (χ1n) is 22.5. The zero-order valence-corrected chi connectivity index (χ0v) is 41.5. The molecule has 2 aliphatic rings. The van der Waals surface area contributed by atoms with Crippen molar-refractivity contribution in [2.75, 3.05) is 24.6 Å². The lowest BCUT2D eigenvalue weighted by atomic mass is 9.96. The number of phenolic OH excluding ortho intramolecular Hbond substituents is 1. The van der Waals surface area contributed by atoms with Gasteiger partial charge in [0.25, 0.3) is 0 Å². The normalized spacial score (nSPS) is 23.7. The number of nitrogens with one attached hydrogen (secondary N) is 7. The molecule has 0 spiro atoms. The molecule has 0 radical (unpaired) electrons. The van der Waals surface area contributed by atoms with E-state index in [-0.39, 0.29) is 55.5 Å². The van der Waals surface area contributed by atoms with Crippen LogP contribution >= 0.6 is 31.4 Å². The van der Waals surface area contributed by atoms with Crippen molar-refractivity contribution in [1.29, 1.82) is 0 Å². The van der Waals surface area contributed by atoms with Gasteiger partial charge in [-0.1, -0.05) is 67.8 Å². The van der Waals surface area contributed by atoms with Gasteiger partial charge in [-0.25, -0.2) is 0 Å². The molecule has 0 saturated carbocycles. The average Bonchev–Trinajstić information content (AvgIpc) is 3.78. The maximum absolute atomic E-state index is 14.0. The van der Waals surface area contributed by atoms with Gasteiger partial charge < -0.3 is 53.8 Å². The highest BCUT2D eigenvalue weighted by molar-refractivity contribution is 9.09. The molecule has 14 N–H and O–H groups in total. The molecular weight excluding hydrogens is 959 g/mol. The Morgan fingerprint density at radius 1 is 0.812 bits per heavy atom. The highest BCUT2D eigenvalue weighted by Gasteiger charge is 2.40. The van der Waals surface area contributed by atoms with Crippen molar-refractivity contribution in [3.05, 3.63) is 29.8 Å². The number of rotatable bonds is 17. The van der Waals surface area contributed by atoms with Gasteiger partial charge in [0.2, 0.25) is 65.0 Å². The fourth-order valence-corrected chi connectivity index (χ4v) is 11.1. The second-order valence-corrected chi connectivity index (χ2v) is 21.6. The molecule has 1 unspecified atom stereocenters. The summed E-state index contributed by atoms with van der Waals surface area (Å²) >= 11 is 0. The lowest BCUT2D eigenvalue weighted by Gasteiger charge is -2.30. The Morgan fingerprint density at radius 2 is 1.48 bits per heavy atom. The molecule has 1 aromatic carbocycles. The predicted molar refractivity (Wildman–Crippen MR) is 259 cm³/mol. The van der Waals surface area contributed by atoms with E-state index in [4.69, 9.17) is 17.2 Å². The van der Waals surface area contributed by atoms with Crippen LogP contribution in [0.25, 0.3) is 0 Å². The molecule has 2 heterocycles. The van der Waals surface area contributed by atoms with Crippen molar-refractivity contribution < 1.29 is 57.8 Å². The summed E-state index contributed by atoms with van der Waals surface area (Å²) in [5.74, 6) is -9.83. The molecule has 11 amide bonds. The molecule has 8 atom stereocenters. The Bertz CT molecular complexity index is 2030. The fourth-order valence-electron chi connectivity index (χ4n) is 7.31. The standard InChI is InChI=1S/C43H65N11O12S3/c1-5-23(4)36-42(65)49-26(12-13-32(44)56)37(60)50-28(19-33(45)57)39(62)53-40(63)30(51-41(64)31-7-6-15-54(31)43(66)29(17-22(2)3)47-20-34(46)58)21-68-69-67-16-14-35(59)48-27(38(61)52-36)18-24-8-10-25(55)11-9-24/h8-11,22-23,26-31,36,47,55H,5-7,12-21H2,1-4H3,(H2,44,56)(H2,45,57)(H2,46,58)(H,48,59)(H,49,65)(H,50,60)(H,51,64)(H,52,61)(H,53,62,63)/t23?,26-,27-,28+,29-,30-,31-,36-/m0/s1. The van der Waals surface area contributed by atoms with Crippen molar-refractivity contribution in [1.82, 2.24) is 42.1 Å². The third kappa shape index (κ3) is 19.7. The topological polar surface area (TPSA) is 374 Å². The lowest BCUT2D eigenvalue weighted by Crippen LogP contribution is -2.61. The third-order valence-corrected chi connectivity index (χ3v) is 15.4. The SMILES string of the molecule is CCC(C)[C@@H]1NC(=O)[C@H](Cc2ccc(O)cc2)NC(=O)CCSSSC[C@H](NC(=O)[C@@H]2CCCN2C(=O)[C@H](CC(C)C)NCC(N)=O)C(=O)NC(=O)[C@@H](CC(N)=O)NC(=O)[C@H](CCC(N)=O)NC1=O. The largest absolute Gasteiger partial charge is 0.508 e. The van der Waals surface area contributed by atoms with Gasteiger partial charge in [-0.05, 0) is 65.0 Å². The number of amides is 11. The molecule has 23 nitrogen and oxygen atoms in total. The van der Waals surface area contributed by atoms with Gasteiger partial charge in [0.05, 0.1) is 19.0 Å². The summed E-state index contributed by atoms with van der Waals surface area (Å²) in [5.41, 5.74) is 16.7. The molecule has 0 aliphatic carbocycles. The lowest BCUT2D eigenvalue weighted by molar-refractivity contribution is -0.141. The molecule has 3 rings (SSSR count). The van der Waals surface area contributed by atoms with Crippen LogP contribution in [0.1, 0.15) is 84.6 Å². The van der Waals surface area contributed by atoms with Gasteiger partial charge >= 0.3 is 0 Å². The van der Waals surface area contributed by atoms with Gasteiger partial charge in [-0.2, -0.15) is 0 Å². The van der Waals surface area contributed by atoms with Crippen LogP contribution < -0.4 is 54.4 Å². The molecule has 0 aromatic heterocycles. The number of hydrogen-bond acceptors (Lipinski definition) is 16. The highest BCUT2D eigenvalue weighted by atomic mass is 33.5. The van der Waals surface area contributed by atoms with Crippen molar-refractivity contribution in [2.45, 2.75) is 128 Å². The zero-order valence-electron chi connectivity index (χ0n) is 39.0. The number of imide groups is 1. The number of likely N-dealkylation sites (tertiary alicyclic amines) is 1. The second kappa shape index (κ2) is 28.8. The summed E-state index contributed by atoms with van der Waals surface area (Å²) in [6.45, 7) is 7.09. The van der Waals surface area contributed by atoms with E-state index < -0.39 is 132 Å². The summed E-state index contributed by atoms with van der Waals surface area (Å²) in [6.07, 6.45) is -0.468. The number of carbonyl (C=O) groups is 11. The van der Waals surface area contributed by atoms with Crippen LogP contribution in [0, 0.1) is 11.8 Å². The van der Waals surface area contributed by atoms with Gasteiger partial charge in [0.1, 0.15) is 42.0 Å². The molecule has 382 valence electrons. The van der Waals surface area contributed by atoms with Crippen LogP contribution in [-0.2, 0) is 59.2 Å². The van der Waals surface area contributed by atoms with Crippen LogP contribution in [0.15, 0.2) is 24.3 Å². The van der Waals surface area contributed by atoms with Crippen LogP contribution in [0.2, 0.25) is 0 Å². The maximum Gasteiger partial charge on any atom is 0.250 e. The average molecular weight is 1020 g/mol. The smallest absolute Gasteiger partial charge is 0.250 e. The number of aromatic hydroxyl groups is 1. The summed E-state index contributed by atoms with van der Waals surface area (Å²) in [6, 6.07) is -3.35. The molecule has 2 fully saturated rings. The Hall–Kier alpha value is -5.60. The van der Waals surface area contributed by atoms with E-state index in [0.717, 1.165) is 20.6 Å². The first kappa shape index (κ1) is 57.7. The summed E-state index contributed by atoms with van der Waals surface area (Å²) in [4.78, 5) is 148. The van der Waals surface area contributed by atoms with Crippen molar-refractivity contribution >= 4 is 96.4 Å². The van der Waals surface area contributed by atoms with E-state index in [9.17, 15) is 57.8 Å². The first-order valence-corrected chi connectivity index (χ1v) is 26.3. The minimum absolute atomic E-state index is 0.0207. The van der Waals surface area contributed by atoms with Crippen LogP contribution in [0.4, 0.5) is 0 Å². The van der Waals surface area contributed by atoms with E-state index in [2.05, 4.69) is 37.2 Å². The van der Waals surface area contributed by atoms with Crippen LogP contribution in [-0.4, -0.2) is 142 Å². The quantitative estimate of drug-likeness (QED) is 0.0600. The fraction of sp³-hybridized carbons (Fsp3) is 0.605. The number of nitrogens with two attached hydrogens (primary N) is 3. The van der Waals surface area contributed by atoms with Crippen molar-refractivity contribution in [2.24, 2.45) is 29.0 Å². The summed E-state index contributed by atoms with van der Waals surface area (Å²) in [5, 5.41) is 27.7. The molecule has 26 heteroatoms. The van der Waals surface area contributed by atoms with Gasteiger partial charge in [0, 0.05) is 37.3 Å². The molecule has 1 aromatic rings. The predicted octanol–water partition coefficient (Wildman–Crippen LogP) is -1.90. The van der Waals surface area contributed by atoms with E-state index >= 15 is 0 Å². The zero-order chi connectivity index (χ0) is 51.4. The van der Waals surface area contributed by atoms with Gasteiger partial charge in [-0.15, -0.1) is 0 Å². The molecular formula is C43H65N11O12S3. The Morgan fingerprint density at radius 3 is 2.10 bits per heavy atom. The summed E-state index contributed by atoms with van der Waals surface area (Å²) < 4.78 is 0. The Kier molecular flexibility index (Phi) is 24.1. The molecule has 2 saturated heterocycles. The Balaban J connectivity index is 1.99. The number of carbonyl (C=O) groups excluding carboxylic acids is 11. The van der Waals surface area contributed by atoms with E-state index in [0.29, 0.717) is 24.8 Å². The van der Waals surface area contributed by atoms with Crippen molar-refractivity contribution in [3.63, 3.8) is 0 Å². The minimum Gasteiger partial charge on any atom is -0.508 e. The van der Waals surface area contributed by atoms with Gasteiger partial charge in [-0.3, -0.25) is 63.4 Å². The van der Waals surface area contributed by atoms with Gasteiger partial charge in [0.15, 0.2) is 0 Å². The molecule has 0 bridgehead atoms. The summed E-state index contributed by atoms with van der Waals surface area (Å²) in [7, 11) is 3.45. The molecule has 69 heavy (non-hydrogen) atoms. The number of benzene rings is 1. The van der Waals surface area contributed by atoms with E-state index in [1.807, 2.05) is 13.8 Å². The Labute approximate surface area is 411 Å². The maximum atomic E-state index is 14.0. The number of primary amides is 3. The monoisotopic (exact) mass is 1020 g/mol. The van der Waals surface area contributed by atoms with Crippen LogP contribution in [0.5, 0.6) is 5.75 Å². The third-order valence-electron chi connectivity index (χ3n) is 11.2. The van der Waals surface area contributed by atoms with E-state index in [1.165, 1.54) is 27.8 Å².